The molecule has 0 aliphatic heterocycles. The number of esters is 1. The molecule has 0 aliphatic rings. The van der Waals surface area contributed by atoms with Gasteiger partial charge in [0.15, 0.2) is 0 Å². The van der Waals surface area contributed by atoms with E-state index in [2.05, 4.69) is 26.1 Å². The predicted octanol–water partition coefficient (Wildman–Crippen LogP) is 3.02. The van der Waals surface area contributed by atoms with E-state index >= 15 is 0 Å². The molecule has 0 fully saturated rings. The van der Waals surface area contributed by atoms with Crippen molar-refractivity contribution in [1.29, 1.82) is 0 Å². The molecule has 0 amide bonds. The summed E-state index contributed by atoms with van der Waals surface area (Å²) >= 11 is 3.44. The number of rotatable bonds is 3. The van der Waals surface area contributed by atoms with Crippen LogP contribution in [-0.4, -0.2) is 22.8 Å². The molecule has 1 aromatic heterocycles. The Balaban J connectivity index is 2.44. The molecule has 1 N–H and O–H groups in total. The molecular weight excluding hydrogens is 284 g/mol. The van der Waals surface area contributed by atoms with Crippen LogP contribution in [0.4, 0.5) is 0 Å². The normalized spacial score (nSPS) is 10.2. The number of carbonyl (C=O) groups is 1. The third-order valence-electron chi connectivity index (χ3n) is 2.28. The van der Waals surface area contributed by atoms with Crippen molar-refractivity contribution in [3.05, 3.63) is 40.5 Å². The lowest BCUT2D eigenvalue weighted by molar-refractivity contribution is 0.0527. The Morgan fingerprint density at radius 3 is 2.94 bits per heavy atom. The Hall–Kier alpha value is -1.62. The van der Waals surface area contributed by atoms with E-state index in [0.29, 0.717) is 17.9 Å². The third-order valence-corrected chi connectivity index (χ3v) is 2.97. The van der Waals surface area contributed by atoms with E-state index in [1.165, 1.54) is 6.20 Å². The molecule has 0 saturated heterocycles. The lowest BCUT2D eigenvalue weighted by atomic mass is 10.1. The predicted molar refractivity (Wildman–Crippen MR) is 67.7 cm³/mol. The minimum atomic E-state index is -0.369. The summed E-state index contributed by atoms with van der Waals surface area (Å²) in [5, 5.41) is 6.72. The average Bonchev–Trinajstić information content (AvgIpc) is 2.79. The van der Waals surface area contributed by atoms with Crippen LogP contribution in [0.25, 0.3) is 11.3 Å². The topological polar surface area (TPSA) is 55.0 Å². The van der Waals surface area contributed by atoms with Crippen molar-refractivity contribution in [3.8, 4) is 11.3 Å². The van der Waals surface area contributed by atoms with Crippen LogP contribution in [0.3, 0.4) is 0 Å². The van der Waals surface area contributed by atoms with Gasteiger partial charge in [-0.3, -0.25) is 5.10 Å². The van der Waals surface area contributed by atoms with Crippen LogP contribution in [0.2, 0.25) is 0 Å². The Morgan fingerprint density at radius 2 is 2.24 bits per heavy atom. The summed E-state index contributed by atoms with van der Waals surface area (Å²) < 4.78 is 5.87. The molecule has 4 nitrogen and oxygen atoms in total. The van der Waals surface area contributed by atoms with E-state index in [4.69, 9.17) is 4.74 Å². The molecule has 1 aromatic carbocycles. The highest BCUT2D eigenvalue weighted by atomic mass is 79.9. The van der Waals surface area contributed by atoms with Gasteiger partial charge >= 0.3 is 5.97 Å². The molecule has 88 valence electrons. The van der Waals surface area contributed by atoms with E-state index < -0.39 is 0 Å². The highest BCUT2D eigenvalue weighted by molar-refractivity contribution is 9.10. The van der Waals surface area contributed by atoms with Gasteiger partial charge < -0.3 is 4.74 Å². The molecule has 0 saturated carbocycles. The van der Waals surface area contributed by atoms with Crippen LogP contribution in [0.5, 0.6) is 0 Å². The number of ether oxygens (including phenoxy) is 1. The van der Waals surface area contributed by atoms with Gasteiger partial charge in [-0.1, -0.05) is 34.1 Å². The molecule has 1 heterocycles. The number of aromatic amines is 1. The fraction of sp³-hybridized carbons (Fsp3) is 0.167. The largest absolute Gasteiger partial charge is 0.462 e. The molecule has 0 unspecified atom stereocenters. The Labute approximate surface area is 107 Å². The van der Waals surface area contributed by atoms with Gasteiger partial charge in [-0.25, -0.2) is 4.79 Å². The standard InChI is InChI=1S/C12H11BrN2O2/c1-2-17-12(16)9-7-14-15-11(9)8-5-3-4-6-10(8)13/h3-7H,2H2,1H3,(H,14,15). The molecule has 2 aromatic rings. The minimum Gasteiger partial charge on any atom is -0.462 e. The summed E-state index contributed by atoms with van der Waals surface area (Å²) in [5.41, 5.74) is 1.99. The van der Waals surface area contributed by atoms with Crippen LogP contribution in [0, 0.1) is 0 Å². The van der Waals surface area contributed by atoms with Gasteiger partial charge in [-0.05, 0) is 13.0 Å². The van der Waals surface area contributed by atoms with Gasteiger partial charge in [0, 0.05) is 10.0 Å². The molecule has 5 heteroatoms. The van der Waals surface area contributed by atoms with Gasteiger partial charge in [0.1, 0.15) is 5.56 Å². The molecule has 0 radical (unpaired) electrons. The summed E-state index contributed by atoms with van der Waals surface area (Å²) in [6.45, 7) is 2.12. The van der Waals surface area contributed by atoms with Crippen molar-refractivity contribution in [2.24, 2.45) is 0 Å². The Bertz CT molecular complexity index is 537. The van der Waals surface area contributed by atoms with E-state index in [0.717, 1.165) is 10.0 Å². The maximum Gasteiger partial charge on any atom is 0.341 e. The molecular formula is C12H11BrN2O2. The van der Waals surface area contributed by atoms with Gasteiger partial charge in [0.25, 0.3) is 0 Å². The van der Waals surface area contributed by atoms with Gasteiger partial charge in [0.2, 0.25) is 0 Å². The summed E-state index contributed by atoms with van der Waals surface area (Å²) in [7, 11) is 0. The second kappa shape index (κ2) is 5.14. The second-order valence-corrected chi connectivity index (χ2v) is 4.21. The maximum atomic E-state index is 11.7. The molecule has 0 bridgehead atoms. The lowest BCUT2D eigenvalue weighted by Crippen LogP contribution is -2.05. The zero-order valence-electron chi connectivity index (χ0n) is 9.24. The number of H-pyrrole nitrogens is 1. The van der Waals surface area contributed by atoms with Gasteiger partial charge in [-0.15, -0.1) is 0 Å². The third kappa shape index (κ3) is 2.39. The molecule has 0 atom stereocenters. The number of nitrogens with one attached hydrogen (secondary N) is 1. The van der Waals surface area contributed by atoms with Crippen LogP contribution < -0.4 is 0 Å². The number of halogens is 1. The first-order valence-corrected chi connectivity index (χ1v) is 5.98. The highest BCUT2D eigenvalue weighted by Gasteiger charge is 2.17. The minimum absolute atomic E-state index is 0.347. The summed E-state index contributed by atoms with van der Waals surface area (Å²) in [4.78, 5) is 11.7. The molecule has 0 aliphatic carbocycles. The van der Waals surface area contributed by atoms with Crippen LogP contribution >= 0.6 is 15.9 Å². The lowest BCUT2D eigenvalue weighted by Gasteiger charge is -2.04. The first-order chi connectivity index (χ1) is 8.24. The summed E-state index contributed by atoms with van der Waals surface area (Å²) in [6.07, 6.45) is 1.48. The molecule has 0 spiro atoms. The number of benzene rings is 1. The van der Waals surface area contributed by atoms with E-state index in [1.54, 1.807) is 6.92 Å². The fourth-order valence-corrected chi connectivity index (χ4v) is 2.00. The van der Waals surface area contributed by atoms with Crippen LogP contribution in [-0.2, 0) is 4.74 Å². The van der Waals surface area contributed by atoms with Crippen molar-refractivity contribution in [1.82, 2.24) is 10.2 Å². The van der Waals surface area contributed by atoms with Gasteiger partial charge in [-0.2, -0.15) is 5.10 Å². The second-order valence-electron chi connectivity index (χ2n) is 3.36. The fourth-order valence-electron chi connectivity index (χ4n) is 1.52. The van der Waals surface area contributed by atoms with Crippen LogP contribution in [0.1, 0.15) is 17.3 Å². The number of hydrogen-bond donors (Lipinski definition) is 1. The van der Waals surface area contributed by atoms with E-state index in [9.17, 15) is 4.79 Å². The Morgan fingerprint density at radius 1 is 1.47 bits per heavy atom. The molecule has 17 heavy (non-hydrogen) atoms. The zero-order valence-corrected chi connectivity index (χ0v) is 10.8. The highest BCUT2D eigenvalue weighted by Crippen LogP contribution is 2.28. The van der Waals surface area contributed by atoms with Crippen molar-refractivity contribution < 1.29 is 9.53 Å². The zero-order chi connectivity index (χ0) is 12.3. The summed E-state index contributed by atoms with van der Waals surface area (Å²) in [6, 6.07) is 7.62. The van der Waals surface area contributed by atoms with Crippen molar-refractivity contribution in [2.75, 3.05) is 6.61 Å². The van der Waals surface area contributed by atoms with Crippen molar-refractivity contribution in [3.63, 3.8) is 0 Å². The average molecular weight is 295 g/mol. The Kier molecular flexibility index (Phi) is 3.58. The number of nitrogens with zero attached hydrogens (tertiary/aromatic N) is 1. The number of aromatic nitrogens is 2. The van der Waals surface area contributed by atoms with E-state index in [-0.39, 0.29) is 5.97 Å². The van der Waals surface area contributed by atoms with E-state index in [1.807, 2.05) is 24.3 Å². The smallest absolute Gasteiger partial charge is 0.341 e. The molecule has 2 rings (SSSR count). The summed E-state index contributed by atoms with van der Waals surface area (Å²) in [5.74, 6) is -0.369. The quantitative estimate of drug-likeness (QED) is 0.886. The van der Waals surface area contributed by atoms with Crippen LogP contribution in [0.15, 0.2) is 34.9 Å². The maximum absolute atomic E-state index is 11.7. The number of carbonyl (C=O) groups excluding carboxylic acids is 1. The first-order valence-electron chi connectivity index (χ1n) is 5.19. The van der Waals surface area contributed by atoms with Crippen molar-refractivity contribution in [2.45, 2.75) is 6.92 Å². The van der Waals surface area contributed by atoms with Crippen molar-refractivity contribution >= 4 is 21.9 Å². The first kappa shape index (κ1) is 11.9. The van der Waals surface area contributed by atoms with Gasteiger partial charge in [0.05, 0.1) is 18.5 Å². The monoisotopic (exact) mass is 294 g/mol. The number of hydrogen-bond acceptors (Lipinski definition) is 3. The SMILES string of the molecule is CCOC(=O)c1cn[nH]c1-c1ccccc1Br.